The van der Waals surface area contributed by atoms with E-state index in [1.807, 2.05) is 23.1 Å². The Morgan fingerprint density at radius 1 is 1.42 bits per heavy atom. The number of nitrogens with one attached hydrogen (secondary N) is 1. The number of carbonyl (C=O) groups is 1. The number of amides is 1. The van der Waals surface area contributed by atoms with E-state index in [1.165, 1.54) is 4.70 Å². The monoisotopic (exact) mass is 273 g/mol. The van der Waals surface area contributed by atoms with Gasteiger partial charge in [0.2, 0.25) is 5.91 Å². The number of hydrogen-bond donors (Lipinski definition) is 1. The number of benzene rings is 1. The van der Waals surface area contributed by atoms with Crippen LogP contribution < -0.4 is 5.32 Å². The molecule has 1 aromatic heterocycles. The molecule has 0 radical (unpaired) electrons. The molecule has 2 aromatic rings. The van der Waals surface area contributed by atoms with Gasteiger partial charge >= 0.3 is 0 Å². The first-order valence-corrected chi connectivity index (χ1v) is 7.50. The lowest BCUT2D eigenvalue weighted by molar-refractivity contribution is -0.129. The van der Waals surface area contributed by atoms with Crippen molar-refractivity contribution in [2.75, 3.05) is 6.54 Å². The maximum absolute atomic E-state index is 12.1. The van der Waals surface area contributed by atoms with Crippen LogP contribution in [0.4, 0.5) is 0 Å². The number of hydrogen-bond acceptors (Lipinski definition) is 4. The number of aromatic nitrogens is 1. The molecule has 2 saturated heterocycles. The number of likely N-dealkylation sites (tertiary alicyclic amines) is 1. The van der Waals surface area contributed by atoms with Crippen LogP contribution in [0.25, 0.3) is 10.2 Å². The fourth-order valence-electron chi connectivity index (χ4n) is 3.16. The van der Waals surface area contributed by atoms with E-state index in [-0.39, 0.29) is 5.91 Å². The minimum Gasteiger partial charge on any atom is -0.331 e. The highest BCUT2D eigenvalue weighted by atomic mass is 32.1. The SMILES string of the molecule is O=C1C[C@H]2NCC[C@H]2N1Cc1nc2ccccc2s1. The van der Waals surface area contributed by atoms with Crippen molar-refractivity contribution in [2.45, 2.75) is 31.5 Å². The molecule has 0 spiro atoms. The zero-order chi connectivity index (χ0) is 12.8. The number of thiazole rings is 1. The van der Waals surface area contributed by atoms with Crippen molar-refractivity contribution >= 4 is 27.5 Å². The summed E-state index contributed by atoms with van der Waals surface area (Å²) < 4.78 is 1.20. The van der Waals surface area contributed by atoms with Crippen LogP contribution in [0.2, 0.25) is 0 Å². The minimum atomic E-state index is 0.265. The van der Waals surface area contributed by atoms with E-state index < -0.39 is 0 Å². The van der Waals surface area contributed by atoms with Gasteiger partial charge in [0.05, 0.1) is 16.8 Å². The van der Waals surface area contributed by atoms with E-state index in [1.54, 1.807) is 11.3 Å². The van der Waals surface area contributed by atoms with Crippen molar-refractivity contribution in [3.8, 4) is 0 Å². The van der Waals surface area contributed by atoms with Crippen LogP contribution >= 0.6 is 11.3 Å². The van der Waals surface area contributed by atoms with Gasteiger partial charge in [-0.2, -0.15) is 0 Å². The zero-order valence-electron chi connectivity index (χ0n) is 10.5. The standard InChI is InChI=1S/C14H15N3OS/c18-14-7-10-11(5-6-15-10)17(14)8-13-16-9-3-1-2-4-12(9)19-13/h1-4,10-11,15H,5-8H2/t10-,11-/m1/s1. The Hall–Kier alpha value is -1.46. The first-order chi connectivity index (χ1) is 9.31. The topological polar surface area (TPSA) is 45.2 Å². The maximum atomic E-state index is 12.1. The summed E-state index contributed by atoms with van der Waals surface area (Å²) in [5, 5.41) is 4.46. The Morgan fingerprint density at radius 2 is 2.32 bits per heavy atom. The molecule has 98 valence electrons. The van der Waals surface area contributed by atoms with Crippen molar-refractivity contribution in [1.29, 1.82) is 0 Å². The molecule has 4 nitrogen and oxygen atoms in total. The molecule has 1 aromatic carbocycles. The molecule has 2 aliphatic heterocycles. The predicted molar refractivity (Wildman–Crippen MR) is 75.0 cm³/mol. The summed E-state index contributed by atoms with van der Waals surface area (Å²) in [5.74, 6) is 0.265. The van der Waals surface area contributed by atoms with Gasteiger partial charge in [-0.05, 0) is 25.1 Å². The third-order valence-corrected chi connectivity index (χ3v) is 5.09. The Labute approximate surface area is 115 Å². The molecule has 5 heteroatoms. The van der Waals surface area contributed by atoms with Crippen LogP contribution in [0.1, 0.15) is 17.8 Å². The van der Waals surface area contributed by atoms with E-state index in [4.69, 9.17) is 0 Å². The van der Waals surface area contributed by atoms with Crippen LogP contribution in [0, 0.1) is 0 Å². The fraction of sp³-hybridized carbons (Fsp3) is 0.429. The lowest BCUT2D eigenvalue weighted by Gasteiger charge is -2.22. The fourth-order valence-corrected chi connectivity index (χ4v) is 4.13. The second kappa shape index (κ2) is 4.28. The summed E-state index contributed by atoms with van der Waals surface area (Å²) in [4.78, 5) is 18.7. The van der Waals surface area contributed by atoms with Crippen molar-refractivity contribution in [3.63, 3.8) is 0 Å². The number of fused-ring (bicyclic) bond motifs is 2. The summed E-state index contributed by atoms with van der Waals surface area (Å²) in [6, 6.07) is 8.89. The number of rotatable bonds is 2. The Morgan fingerprint density at radius 3 is 3.21 bits per heavy atom. The van der Waals surface area contributed by atoms with Crippen LogP contribution in [0.5, 0.6) is 0 Å². The molecule has 0 aliphatic carbocycles. The molecular formula is C14H15N3OS. The van der Waals surface area contributed by atoms with Crippen LogP contribution in [-0.2, 0) is 11.3 Å². The van der Waals surface area contributed by atoms with Crippen LogP contribution in [0.3, 0.4) is 0 Å². The molecule has 3 heterocycles. The molecule has 1 N–H and O–H groups in total. The average Bonchev–Trinajstić information content (AvgIpc) is 3.06. The number of carbonyl (C=O) groups excluding carboxylic acids is 1. The first kappa shape index (κ1) is 11.4. The summed E-state index contributed by atoms with van der Waals surface area (Å²) >= 11 is 1.69. The highest BCUT2D eigenvalue weighted by molar-refractivity contribution is 7.18. The molecular weight excluding hydrogens is 258 g/mol. The quantitative estimate of drug-likeness (QED) is 0.907. The highest BCUT2D eigenvalue weighted by Gasteiger charge is 2.42. The van der Waals surface area contributed by atoms with Gasteiger partial charge < -0.3 is 10.2 Å². The molecule has 1 amide bonds. The van der Waals surface area contributed by atoms with Gasteiger partial charge in [-0.1, -0.05) is 12.1 Å². The van der Waals surface area contributed by atoms with E-state index in [0.29, 0.717) is 25.0 Å². The van der Waals surface area contributed by atoms with Gasteiger partial charge in [0, 0.05) is 18.5 Å². The second-order valence-corrected chi connectivity index (χ2v) is 6.33. The lowest BCUT2D eigenvalue weighted by atomic mass is 10.1. The average molecular weight is 273 g/mol. The molecule has 0 saturated carbocycles. The maximum Gasteiger partial charge on any atom is 0.224 e. The molecule has 0 unspecified atom stereocenters. The Balaban J connectivity index is 1.61. The zero-order valence-corrected chi connectivity index (χ0v) is 11.3. The number of para-hydroxylation sites is 1. The van der Waals surface area contributed by atoms with Gasteiger partial charge in [-0.25, -0.2) is 4.98 Å². The minimum absolute atomic E-state index is 0.265. The molecule has 0 bridgehead atoms. The van der Waals surface area contributed by atoms with Gasteiger partial charge in [0.15, 0.2) is 0 Å². The van der Waals surface area contributed by atoms with Gasteiger partial charge in [-0.3, -0.25) is 4.79 Å². The molecule has 2 aliphatic rings. The van der Waals surface area contributed by atoms with Crippen LogP contribution in [-0.4, -0.2) is 34.4 Å². The Bertz CT molecular complexity index is 605. The van der Waals surface area contributed by atoms with Crippen molar-refractivity contribution in [3.05, 3.63) is 29.3 Å². The molecule has 4 rings (SSSR count). The summed E-state index contributed by atoms with van der Waals surface area (Å²) in [5.41, 5.74) is 1.04. The lowest BCUT2D eigenvalue weighted by Crippen LogP contribution is -2.35. The summed E-state index contributed by atoms with van der Waals surface area (Å²) in [7, 11) is 0. The third kappa shape index (κ3) is 1.84. The van der Waals surface area contributed by atoms with Crippen molar-refractivity contribution < 1.29 is 4.79 Å². The third-order valence-electron chi connectivity index (χ3n) is 4.07. The number of nitrogens with zero attached hydrogens (tertiary/aromatic N) is 2. The first-order valence-electron chi connectivity index (χ1n) is 6.68. The predicted octanol–water partition coefficient (Wildman–Crippen LogP) is 1.76. The van der Waals surface area contributed by atoms with E-state index >= 15 is 0 Å². The molecule has 2 fully saturated rings. The van der Waals surface area contributed by atoms with Gasteiger partial charge in [0.25, 0.3) is 0 Å². The van der Waals surface area contributed by atoms with E-state index in [2.05, 4.69) is 16.4 Å². The smallest absolute Gasteiger partial charge is 0.224 e. The Kier molecular flexibility index (Phi) is 2.56. The largest absolute Gasteiger partial charge is 0.331 e. The molecule has 19 heavy (non-hydrogen) atoms. The summed E-state index contributed by atoms with van der Waals surface area (Å²) in [6.07, 6.45) is 1.72. The van der Waals surface area contributed by atoms with E-state index in [9.17, 15) is 4.79 Å². The van der Waals surface area contributed by atoms with Gasteiger partial charge in [-0.15, -0.1) is 11.3 Å². The second-order valence-electron chi connectivity index (χ2n) is 5.22. The van der Waals surface area contributed by atoms with Crippen LogP contribution in [0.15, 0.2) is 24.3 Å². The van der Waals surface area contributed by atoms with Gasteiger partial charge in [0.1, 0.15) is 5.01 Å². The molecule has 2 atom stereocenters. The van der Waals surface area contributed by atoms with Crippen molar-refractivity contribution in [2.24, 2.45) is 0 Å². The normalized spacial score (nSPS) is 26.3. The van der Waals surface area contributed by atoms with E-state index in [0.717, 1.165) is 23.5 Å². The highest BCUT2D eigenvalue weighted by Crippen LogP contribution is 2.30. The van der Waals surface area contributed by atoms with Crippen molar-refractivity contribution in [1.82, 2.24) is 15.2 Å². The summed E-state index contributed by atoms with van der Waals surface area (Å²) in [6.45, 7) is 1.69.